The maximum atomic E-state index is 12.7. The van der Waals surface area contributed by atoms with Crippen LogP contribution in [0.3, 0.4) is 0 Å². The second-order valence-electron chi connectivity index (χ2n) is 7.24. The van der Waals surface area contributed by atoms with E-state index in [1.165, 1.54) is 25.7 Å². The predicted molar refractivity (Wildman–Crippen MR) is 104 cm³/mol. The number of anilines is 1. The van der Waals surface area contributed by atoms with Crippen LogP contribution in [0.15, 0.2) is 18.3 Å². The zero-order valence-corrected chi connectivity index (χ0v) is 16.2. The highest BCUT2D eigenvalue weighted by Gasteiger charge is 2.25. The summed E-state index contributed by atoms with van der Waals surface area (Å²) >= 11 is 0. The smallest absolute Gasteiger partial charge is 0.409 e. The van der Waals surface area contributed by atoms with Gasteiger partial charge in [-0.15, -0.1) is 0 Å². The van der Waals surface area contributed by atoms with Crippen molar-refractivity contribution in [1.29, 1.82) is 0 Å². The summed E-state index contributed by atoms with van der Waals surface area (Å²) < 4.78 is 5.03. The zero-order chi connectivity index (χ0) is 19.1. The van der Waals surface area contributed by atoms with Gasteiger partial charge in [-0.2, -0.15) is 0 Å². The van der Waals surface area contributed by atoms with Crippen molar-refractivity contribution >= 4 is 17.8 Å². The fourth-order valence-electron chi connectivity index (χ4n) is 3.72. The van der Waals surface area contributed by atoms with Gasteiger partial charge in [-0.1, -0.05) is 12.8 Å². The molecule has 7 heteroatoms. The molecule has 2 aliphatic rings. The molecule has 0 aromatic carbocycles. The first-order chi connectivity index (χ1) is 13.2. The molecule has 3 rings (SSSR count). The standard InChI is InChI=1S/C20H30N4O3/c1-2-27-20(26)24-13-8-17(9-14-24)22-19(25)16-7-10-21-18(15-16)23-11-5-3-4-6-12-23/h7,10,15,17H,2-6,8-9,11-14H2,1H3,(H,22,25). The van der Waals surface area contributed by atoms with Gasteiger partial charge in [0.2, 0.25) is 0 Å². The Labute approximate surface area is 161 Å². The Kier molecular flexibility index (Phi) is 6.90. The second-order valence-corrected chi connectivity index (χ2v) is 7.24. The predicted octanol–water partition coefficient (Wildman–Crippen LogP) is 2.81. The molecular weight excluding hydrogens is 344 g/mol. The molecule has 3 heterocycles. The van der Waals surface area contributed by atoms with Crippen LogP contribution in [0.1, 0.15) is 55.8 Å². The molecule has 2 saturated heterocycles. The van der Waals surface area contributed by atoms with Gasteiger partial charge in [0.05, 0.1) is 6.61 Å². The average Bonchev–Trinajstić information content (AvgIpc) is 2.98. The molecule has 1 aromatic heterocycles. The molecule has 0 atom stereocenters. The molecule has 27 heavy (non-hydrogen) atoms. The summed E-state index contributed by atoms with van der Waals surface area (Å²) in [5, 5.41) is 3.11. The van der Waals surface area contributed by atoms with Gasteiger partial charge < -0.3 is 19.9 Å². The van der Waals surface area contributed by atoms with Crippen LogP contribution >= 0.6 is 0 Å². The molecule has 0 spiro atoms. The number of carbonyl (C=O) groups excluding carboxylic acids is 2. The van der Waals surface area contributed by atoms with Crippen LogP contribution < -0.4 is 10.2 Å². The van der Waals surface area contributed by atoms with E-state index in [1.807, 2.05) is 6.07 Å². The molecule has 148 valence electrons. The third-order valence-corrected chi connectivity index (χ3v) is 5.29. The number of nitrogens with zero attached hydrogens (tertiary/aromatic N) is 3. The number of carbonyl (C=O) groups is 2. The third-order valence-electron chi connectivity index (χ3n) is 5.29. The van der Waals surface area contributed by atoms with Crippen molar-refractivity contribution in [2.45, 2.75) is 51.5 Å². The molecule has 1 N–H and O–H groups in total. The number of pyridine rings is 1. The van der Waals surface area contributed by atoms with E-state index in [0.29, 0.717) is 25.3 Å². The van der Waals surface area contributed by atoms with E-state index in [0.717, 1.165) is 31.7 Å². The van der Waals surface area contributed by atoms with Crippen LogP contribution in [-0.2, 0) is 4.74 Å². The lowest BCUT2D eigenvalue weighted by molar-refractivity contribution is 0.0860. The molecule has 2 fully saturated rings. The number of nitrogens with one attached hydrogen (secondary N) is 1. The summed E-state index contributed by atoms with van der Waals surface area (Å²) in [6.45, 7) is 5.42. The van der Waals surface area contributed by atoms with Crippen molar-refractivity contribution in [3.8, 4) is 0 Å². The van der Waals surface area contributed by atoms with Crippen molar-refractivity contribution in [2.24, 2.45) is 0 Å². The number of hydrogen-bond acceptors (Lipinski definition) is 5. The van der Waals surface area contributed by atoms with Gasteiger partial charge in [-0.25, -0.2) is 9.78 Å². The van der Waals surface area contributed by atoms with E-state index in [2.05, 4.69) is 15.2 Å². The Morgan fingerprint density at radius 2 is 1.85 bits per heavy atom. The van der Waals surface area contributed by atoms with Gasteiger partial charge in [-0.05, 0) is 44.7 Å². The first-order valence-electron chi connectivity index (χ1n) is 10.1. The number of hydrogen-bond donors (Lipinski definition) is 1. The summed E-state index contributed by atoms with van der Waals surface area (Å²) in [5.74, 6) is 0.824. The molecule has 2 amide bonds. The third kappa shape index (κ3) is 5.34. The summed E-state index contributed by atoms with van der Waals surface area (Å²) in [6, 6.07) is 3.75. The molecular formula is C20H30N4O3. The lowest BCUT2D eigenvalue weighted by atomic mass is 10.0. The van der Waals surface area contributed by atoms with Crippen LogP contribution in [0.25, 0.3) is 0 Å². The quantitative estimate of drug-likeness (QED) is 0.877. The normalized spacial score (nSPS) is 18.7. The van der Waals surface area contributed by atoms with E-state index in [4.69, 9.17) is 4.74 Å². The van der Waals surface area contributed by atoms with E-state index >= 15 is 0 Å². The largest absolute Gasteiger partial charge is 0.450 e. The summed E-state index contributed by atoms with van der Waals surface area (Å²) in [7, 11) is 0. The topological polar surface area (TPSA) is 74.8 Å². The van der Waals surface area contributed by atoms with Crippen LogP contribution in [0.4, 0.5) is 10.6 Å². The highest BCUT2D eigenvalue weighted by molar-refractivity contribution is 5.95. The second kappa shape index (κ2) is 9.58. The minimum absolute atomic E-state index is 0.0666. The summed E-state index contributed by atoms with van der Waals surface area (Å²) in [6.07, 6.45) is 7.83. The molecule has 2 aliphatic heterocycles. The maximum Gasteiger partial charge on any atom is 0.409 e. The maximum absolute atomic E-state index is 12.7. The summed E-state index contributed by atoms with van der Waals surface area (Å²) in [4.78, 5) is 32.9. The van der Waals surface area contributed by atoms with Gasteiger partial charge in [0.25, 0.3) is 5.91 Å². The van der Waals surface area contributed by atoms with Crippen molar-refractivity contribution in [3.05, 3.63) is 23.9 Å². The number of rotatable bonds is 4. The van der Waals surface area contributed by atoms with E-state index in [1.54, 1.807) is 24.1 Å². The highest BCUT2D eigenvalue weighted by Crippen LogP contribution is 2.19. The minimum Gasteiger partial charge on any atom is -0.450 e. The Morgan fingerprint density at radius 3 is 2.52 bits per heavy atom. The molecule has 0 saturated carbocycles. The van der Waals surface area contributed by atoms with Gasteiger partial charge >= 0.3 is 6.09 Å². The molecule has 0 aliphatic carbocycles. The Morgan fingerprint density at radius 1 is 1.15 bits per heavy atom. The number of piperidine rings is 1. The van der Waals surface area contributed by atoms with Crippen LogP contribution in [0, 0.1) is 0 Å². The molecule has 0 unspecified atom stereocenters. The molecule has 0 radical (unpaired) electrons. The SMILES string of the molecule is CCOC(=O)N1CCC(NC(=O)c2ccnc(N3CCCCCC3)c2)CC1. The molecule has 7 nitrogen and oxygen atoms in total. The van der Waals surface area contributed by atoms with Gasteiger partial charge in [0.1, 0.15) is 5.82 Å². The first-order valence-corrected chi connectivity index (χ1v) is 10.1. The van der Waals surface area contributed by atoms with Gasteiger partial charge in [0.15, 0.2) is 0 Å². The monoisotopic (exact) mass is 374 g/mol. The Hall–Kier alpha value is -2.31. The lowest BCUT2D eigenvalue weighted by Gasteiger charge is -2.31. The van der Waals surface area contributed by atoms with E-state index < -0.39 is 0 Å². The van der Waals surface area contributed by atoms with Crippen molar-refractivity contribution < 1.29 is 14.3 Å². The van der Waals surface area contributed by atoms with Crippen molar-refractivity contribution in [2.75, 3.05) is 37.7 Å². The van der Waals surface area contributed by atoms with Gasteiger partial charge in [-0.3, -0.25) is 4.79 Å². The van der Waals surface area contributed by atoms with Crippen LogP contribution in [0.5, 0.6) is 0 Å². The first kappa shape index (κ1) is 19.5. The lowest BCUT2D eigenvalue weighted by Crippen LogP contribution is -2.46. The Balaban J connectivity index is 1.54. The van der Waals surface area contributed by atoms with E-state index in [-0.39, 0.29) is 18.0 Å². The van der Waals surface area contributed by atoms with Crippen LogP contribution in [0.2, 0.25) is 0 Å². The minimum atomic E-state index is -0.265. The van der Waals surface area contributed by atoms with E-state index in [9.17, 15) is 9.59 Å². The van der Waals surface area contributed by atoms with Crippen LogP contribution in [-0.4, -0.2) is 60.7 Å². The number of ether oxygens (including phenoxy) is 1. The molecule has 1 aromatic rings. The van der Waals surface area contributed by atoms with Crippen molar-refractivity contribution in [1.82, 2.24) is 15.2 Å². The fraction of sp³-hybridized carbons (Fsp3) is 0.650. The molecule has 0 bridgehead atoms. The highest BCUT2D eigenvalue weighted by atomic mass is 16.6. The Bertz CT molecular complexity index is 636. The van der Waals surface area contributed by atoms with Crippen molar-refractivity contribution in [3.63, 3.8) is 0 Å². The number of aromatic nitrogens is 1. The zero-order valence-electron chi connectivity index (χ0n) is 16.2. The fourth-order valence-corrected chi connectivity index (χ4v) is 3.72. The summed E-state index contributed by atoms with van der Waals surface area (Å²) in [5.41, 5.74) is 0.650. The van der Waals surface area contributed by atoms with Gasteiger partial charge in [0, 0.05) is 44.0 Å². The average molecular weight is 374 g/mol. The number of likely N-dealkylation sites (tertiary alicyclic amines) is 1. The number of amides is 2.